The van der Waals surface area contributed by atoms with Gasteiger partial charge in [-0.3, -0.25) is 4.79 Å². The van der Waals surface area contributed by atoms with Crippen LogP contribution < -0.4 is 11.0 Å². The van der Waals surface area contributed by atoms with Gasteiger partial charge in [0.1, 0.15) is 17.0 Å². The van der Waals surface area contributed by atoms with Crippen molar-refractivity contribution >= 4 is 17.2 Å². The zero-order valence-electron chi connectivity index (χ0n) is 16.1. The maximum absolute atomic E-state index is 13.1. The number of nitrogens with one attached hydrogen (secondary N) is 1. The minimum Gasteiger partial charge on any atom is -0.347 e. The van der Waals surface area contributed by atoms with Gasteiger partial charge in [0.25, 0.3) is 5.91 Å². The Morgan fingerprint density at radius 1 is 1.10 bits per heavy atom. The fourth-order valence-corrected chi connectivity index (χ4v) is 3.84. The number of rotatable bonds is 6. The molecule has 7 nitrogen and oxygen atoms in total. The average molecular weight is 423 g/mol. The van der Waals surface area contributed by atoms with E-state index in [1.54, 1.807) is 19.1 Å². The van der Waals surface area contributed by atoms with E-state index in [1.165, 1.54) is 27.7 Å². The Kier molecular flexibility index (Phi) is 5.53. The van der Waals surface area contributed by atoms with Crippen molar-refractivity contribution in [1.29, 1.82) is 0 Å². The number of amides is 1. The Bertz CT molecular complexity index is 1230. The highest BCUT2D eigenvalue weighted by atomic mass is 32.1. The topological polar surface area (TPSA) is 81.8 Å². The van der Waals surface area contributed by atoms with Crippen LogP contribution in [-0.2, 0) is 13.1 Å². The van der Waals surface area contributed by atoms with Gasteiger partial charge in [-0.2, -0.15) is 5.10 Å². The van der Waals surface area contributed by atoms with E-state index in [2.05, 4.69) is 15.4 Å². The van der Waals surface area contributed by atoms with E-state index in [-0.39, 0.29) is 24.0 Å². The predicted octanol–water partition coefficient (Wildman–Crippen LogP) is 2.92. The Balaban J connectivity index is 1.51. The number of thiazole rings is 1. The molecule has 9 heteroatoms. The second-order valence-corrected chi connectivity index (χ2v) is 7.62. The van der Waals surface area contributed by atoms with Crippen LogP contribution in [0.3, 0.4) is 0 Å². The smallest absolute Gasteiger partial charge is 0.347 e. The third-order valence-electron chi connectivity index (χ3n) is 4.47. The monoisotopic (exact) mass is 423 g/mol. The summed E-state index contributed by atoms with van der Waals surface area (Å²) >= 11 is 1.13. The predicted molar refractivity (Wildman–Crippen MR) is 111 cm³/mol. The number of nitrogens with zero attached hydrogens (tertiary/aromatic N) is 4. The van der Waals surface area contributed by atoms with Gasteiger partial charge in [-0.15, -0.1) is 0 Å². The van der Waals surface area contributed by atoms with E-state index >= 15 is 0 Å². The fraction of sp³-hybridized carbons (Fsp3) is 0.143. The van der Waals surface area contributed by atoms with E-state index in [9.17, 15) is 14.0 Å². The number of hydrogen-bond donors (Lipinski definition) is 1. The molecule has 0 bridgehead atoms. The molecule has 0 spiro atoms. The van der Waals surface area contributed by atoms with Crippen LogP contribution in [0.4, 0.5) is 4.39 Å². The minimum absolute atomic E-state index is 0.209. The molecule has 0 saturated carbocycles. The third kappa shape index (κ3) is 4.20. The first-order valence-electron chi connectivity index (χ1n) is 9.20. The summed E-state index contributed by atoms with van der Waals surface area (Å²) in [6.45, 7) is 2.34. The van der Waals surface area contributed by atoms with Crippen molar-refractivity contribution in [3.63, 3.8) is 0 Å². The number of aryl methyl sites for hydroxylation is 1. The van der Waals surface area contributed by atoms with Crippen molar-refractivity contribution in [2.75, 3.05) is 0 Å². The van der Waals surface area contributed by atoms with Crippen molar-refractivity contribution < 1.29 is 9.18 Å². The molecule has 4 rings (SSSR count). The van der Waals surface area contributed by atoms with Gasteiger partial charge in [0.2, 0.25) is 0 Å². The van der Waals surface area contributed by atoms with E-state index < -0.39 is 0 Å². The van der Waals surface area contributed by atoms with Crippen LogP contribution in [-0.4, -0.2) is 25.2 Å². The first-order valence-corrected chi connectivity index (χ1v) is 10.0. The lowest BCUT2D eigenvalue weighted by Crippen LogP contribution is -2.24. The SMILES string of the molecule is Cc1nc(-n2cnn(Cc3ccc(F)cc3)c2=O)sc1C(=O)NCc1ccccc1. The summed E-state index contributed by atoms with van der Waals surface area (Å²) in [4.78, 5) is 30.1. The molecule has 0 aliphatic carbocycles. The molecule has 0 aliphatic rings. The molecule has 1 amide bonds. The van der Waals surface area contributed by atoms with E-state index in [0.29, 0.717) is 22.2 Å². The lowest BCUT2D eigenvalue weighted by Gasteiger charge is -2.03. The zero-order chi connectivity index (χ0) is 21.1. The number of hydrogen-bond acceptors (Lipinski definition) is 5. The fourth-order valence-electron chi connectivity index (χ4n) is 2.89. The lowest BCUT2D eigenvalue weighted by molar-refractivity contribution is 0.0954. The molecule has 0 atom stereocenters. The number of carbonyl (C=O) groups is 1. The third-order valence-corrected chi connectivity index (χ3v) is 5.63. The summed E-state index contributed by atoms with van der Waals surface area (Å²) in [7, 11) is 0. The van der Waals surface area contributed by atoms with Crippen molar-refractivity contribution in [2.45, 2.75) is 20.0 Å². The van der Waals surface area contributed by atoms with Crippen molar-refractivity contribution in [3.8, 4) is 5.13 Å². The largest absolute Gasteiger partial charge is 0.352 e. The number of carbonyl (C=O) groups excluding carboxylic acids is 1. The van der Waals surface area contributed by atoms with Gasteiger partial charge in [-0.05, 0) is 30.2 Å². The maximum atomic E-state index is 13.1. The van der Waals surface area contributed by atoms with Crippen LogP contribution in [0.2, 0.25) is 0 Å². The normalized spacial score (nSPS) is 10.9. The van der Waals surface area contributed by atoms with Gasteiger partial charge in [-0.25, -0.2) is 23.4 Å². The molecule has 0 fully saturated rings. The molecule has 2 heterocycles. The van der Waals surface area contributed by atoms with Gasteiger partial charge in [0.05, 0.1) is 12.2 Å². The Hall–Kier alpha value is -3.59. The van der Waals surface area contributed by atoms with Crippen molar-refractivity contribution in [3.05, 3.63) is 98.9 Å². The van der Waals surface area contributed by atoms with E-state index in [0.717, 1.165) is 22.5 Å². The average Bonchev–Trinajstić information content (AvgIpc) is 3.31. The summed E-state index contributed by atoms with van der Waals surface area (Å²) in [5.41, 5.74) is 1.90. The molecule has 0 unspecified atom stereocenters. The molecule has 30 heavy (non-hydrogen) atoms. The number of halogens is 1. The van der Waals surface area contributed by atoms with E-state index in [4.69, 9.17) is 0 Å². The van der Waals surface area contributed by atoms with Gasteiger partial charge >= 0.3 is 5.69 Å². The zero-order valence-corrected chi connectivity index (χ0v) is 16.9. The van der Waals surface area contributed by atoms with Crippen LogP contribution in [0, 0.1) is 12.7 Å². The highest BCUT2D eigenvalue weighted by Gasteiger charge is 2.18. The highest BCUT2D eigenvalue weighted by Crippen LogP contribution is 2.20. The van der Waals surface area contributed by atoms with Crippen LogP contribution in [0.25, 0.3) is 5.13 Å². The van der Waals surface area contributed by atoms with Gasteiger partial charge in [0.15, 0.2) is 5.13 Å². The highest BCUT2D eigenvalue weighted by molar-refractivity contribution is 7.16. The molecule has 0 radical (unpaired) electrons. The number of aromatic nitrogens is 4. The molecule has 4 aromatic rings. The molecule has 0 aliphatic heterocycles. The first-order chi connectivity index (χ1) is 14.5. The summed E-state index contributed by atoms with van der Waals surface area (Å²) in [5, 5.41) is 7.35. The van der Waals surface area contributed by atoms with Crippen LogP contribution in [0.5, 0.6) is 0 Å². The second kappa shape index (κ2) is 8.42. The van der Waals surface area contributed by atoms with Crippen LogP contribution >= 0.6 is 11.3 Å². The van der Waals surface area contributed by atoms with Crippen LogP contribution in [0.1, 0.15) is 26.5 Å². The van der Waals surface area contributed by atoms with E-state index in [1.807, 2.05) is 30.3 Å². The lowest BCUT2D eigenvalue weighted by atomic mass is 10.2. The van der Waals surface area contributed by atoms with Gasteiger partial charge in [0, 0.05) is 6.54 Å². The van der Waals surface area contributed by atoms with Crippen LogP contribution in [0.15, 0.2) is 65.7 Å². The van der Waals surface area contributed by atoms with Crippen molar-refractivity contribution in [2.24, 2.45) is 0 Å². The molecule has 152 valence electrons. The summed E-state index contributed by atoms with van der Waals surface area (Å²) < 4.78 is 15.6. The molecule has 0 saturated heterocycles. The molecule has 1 N–H and O–H groups in total. The standard InChI is InChI=1S/C21H18FN5O2S/c1-14-18(19(28)23-11-15-5-3-2-4-6-15)30-20(25-14)26-13-24-27(21(26)29)12-16-7-9-17(22)10-8-16/h2-10,13H,11-12H2,1H3,(H,23,28). The second-order valence-electron chi connectivity index (χ2n) is 6.65. The number of benzene rings is 2. The quantitative estimate of drug-likeness (QED) is 0.517. The summed E-state index contributed by atoms with van der Waals surface area (Å²) in [6.07, 6.45) is 1.37. The first kappa shape index (κ1) is 19.7. The maximum Gasteiger partial charge on any atom is 0.352 e. The minimum atomic E-state index is -0.385. The molecule has 2 aromatic heterocycles. The Morgan fingerprint density at radius 3 is 2.57 bits per heavy atom. The Labute approximate surface area is 175 Å². The Morgan fingerprint density at radius 2 is 1.83 bits per heavy atom. The molecular formula is C21H18FN5O2S. The van der Waals surface area contributed by atoms with Gasteiger partial charge < -0.3 is 5.32 Å². The summed E-state index contributed by atoms with van der Waals surface area (Å²) in [5.74, 6) is -0.584. The van der Waals surface area contributed by atoms with Crippen molar-refractivity contribution in [1.82, 2.24) is 24.6 Å². The molecular weight excluding hydrogens is 405 g/mol. The summed E-state index contributed by atoms with van der Waals surface area (Å²) in [6, 6.07) is 15.5. The molecule has 2 aromatic carbocycles. The van der Waals surface area contributed by atoms with Gasteiger partial charge in [-0.1, -0.05) is 53.8 Å².